The summed E-state index contributed by atoms with van der Waals surface area (Å²) in [6, 6.07) is 15.6. The lowest BCUT2D eigenvalue weighted by molar-refractivity contribution is -0.119. The van der Waals surface area contributed by atoms with E-state index in [1.54, 1.807) is 10.6 Å². The average molecular weight is 424 g/mol. The van der Waals surface area contributed by atoms with Crippen LogP contribution in [0.2, 0.25) is 0 Å². The van der Waals surface area contributed by atoms with Gasteiger partial charge in [-0.25, -0.2) is 4.98 Å². The van der Waals surface area contributed by atoms with Crippen LogP contribution in [0.4, 0.5) is 0 Å². The average Bonchev–Trinajstić information content (AvgIpc) is 2.77. The van der Waals surface area contributed by atoms with E-state index in [-0.39, 0.29) is 29.3 Å². The van der Waals surface area contributed by atoms with Crippen LogP contribution in [-0.4, -0.2) is 21.2 Å². The van der Waals surface area contributed by atoms with Gasteiger partial charge in [-0.1, -0.05) is 62.0 Å². The molecule has 3 aromatic rings. The van der Waals surface area contributed by atoms with Gasteiger partial charge < -0.3 is 5.32 Å². The molecule has 2 atom stereocenters. The number of para-hydroxylation sites is 1. The Labute approximate surface area is 181 Å². The lowest BCUT2D eigenvalue weighted by atomic mass is 10.1. The van der Waals surface area contributed by atoms with Crippen molar-refractivity contribution in [2.24, 2.45) is 0 Å². The van der Waals surface area contributed by atoms with Crippen LogP contribution < -0.4 is 10.9 Å². The Balaban J connectivity index is 1.75. The number of hydrogen-bond acceptors (Lipinski definition) is 4. The molecular formula is C24H29N3O2S. The second-order valence-electron chi connectivity index (χ2n) is 7.52. The molecule has 0 spiro atoms. The number of benzene rings is 2. The smallest absolute Gasteiger partial charge is 0.262 e. The van der Waals surface area contributed by atoms with Gasteiger partial charge in [0.2, 0.25) is 5.91 Å². The van der Waals surface area contributed by atoms with Crippen LogP contribution in [0.25, 0.3) is 10.9 Å². The van der Waals surface area contributed by atoms with E-state index in [4.69, 9.17) is 0 Å². The molecule has 2 aromatic carbocycles. The Bertz CT molecular complexity index is 1080. The molecule has 0 unspecified atom stereocenters. The summed E-state index contributed by atoms with van der Waals surface area (Å²) < 4.78 is 1.72. The first-order chi connectivity index (χ1) is 14.4. The minimum atomic E-state index is -0.0785. The number of aromatic nitrogens is 2. The Morgan fingerprint density at radius 2 is 1.80 bits per heavy atom. The number of carbonyl (C=O) groups is 1. The molecule has 1 heterocycles. The summed E-state index contributed by atoms with van der Waals surface area (Å²) in [4.78, 5) is 30.3. The van der Waals surface area contributed by atoms with Gasteiger partial charge in [-0.15, -0.1) is 0 Å². The topological polar surface area (TPSA) is 64.0 Å². The van der Waals surface area contributed by atoms with E-state index >= 15 is 0 Å². The fourth-order valence-electron chi connectivity index (χ4n) is 3.34. The van der Waals surface area contributed by atoms with Gasteiger partial charge in [-0.3, -0.25) is 14.2 Å². The predicted octanol–water partition coefficient (Wildman–Crippen LogP) is 4.90. The third kappa shape index (κ3) is 4.93. The molecule has 158 valence electrons. The van der Waals surface area contributed by atoms with Crippen molar-refractivity contribution < 1.29 is 4.79 Å². The molecule has 0 fully saturated rings. The third-order valence-corrected chi connectivity index (χ3v) is 6.36. The number of carbonyl (C=O) groups excluding carboxylic acids is 1. The Kier molecular flexibility index (Phi) is 7.32. The van der Waals surface area contributed by atoms with Crippen LogP contribution in [0, 0.1) is 0 Å². The summed E-state index contributed by atoms with van der Waals surface area (Å²) in [6.07, 6.45) is 1.80. The van der Waals surface area contributed by atoms with Crippen LogP contribution in [0.3, 0.4) is 0 Å². The Hall–Kier alpha value is -2.60. The van der Waals surface area contributed by atoms with Crippen molar-refractivity contribution >= 4 is 28.6 Å². The fourth-order valence-corrected chi connectivity index (χ4v) is 4.25. The molecule has 1 aromatic heterocycles. The van der Waals surface area contributed by atoms with Gasteiger partial charge in [0, 0.05) is 6.04 Å². The molecule has 0 aliphatic rings. The SMILES string of the molecule is CCc1ccc([C@H](C)NC(=O)CSc2nc3ccccc3c(=O)n2[C@@H](C)CC)cc1. The molecule has 3 rings (SSSR count). The maximum absolute atomic E-state index is 13.0. The number of amides is 1. The molecule has 0 saturated carbocycles. The second-order valence-corrected chi connectivity index (χ2v) is 8.46. The van der Waals surface area contributed by atoms with Gasteiger partial charge in [0.25, 0.3) is 5.56 Å². The van der Waals surface area contributed by atoms with Gasteiger partial charge >= 0.3 is 0 Å². The van der Waals surface area contributed by atoms with Gasteiger partial charge in [0.1, 0.15) is 0 Å². The van der Waals surface area contributed by atoms with E-state index in [1.807, 2.05) is 39.0 Å². The van der Waals surface area contributed by atoms with Crippen molar-refractivity contribution in [3.8, 4) is 0 Å². The van der Waals surface area contributed by atoms with E-state index in [0.29, 0.717) is 16.1 Å². The third-order valence-electron chi connectivity index (χ3n) is 5.40. The molecular weight excluding hydrogens is 394 g/mol. The fraction of sp³-hybridized carbons (Fsp3) is 0.375. The van der Waals surface area contributed by atoms with E-state index in [9.17, 15) is 9.59 Å². The summed E-state index contributed by atoms with van der Waals surface area (Å²) >= 11 is 1.31. The number of nitrogens with one attached hydrogen (secondary N) is 1. The zero-order valence-electron chi connectivity index (χ0n) is 18.0. The molecule has 0 bridgehead atoms. The van der Waals surface area contributed by atoms with E-state index in [1.165, 1.54) is 17.3 Å². The Morgan fingerprint density at radius 1 is 1.10 bits per heavy atom. The molecule has 1 amide bonds. The van der Waals surface area contributed by atoms with E-state index in [2.05, 4.69) is 41.5 Å². The van der Waals surface area contributed by atoms with Crippen molar-refractivity contribution in [2.75, 3.05) is 5.75 Å². The molecule has 0 radical (unpaired) electrons. The summed E-state index contributed by atoms with van der Waals surface area (Å²) in [5.41, 5.74) is 2.96. The van der Waals surface area contributed by atoms with Crippen molar-refractivity contribution in [1.29, 1.82) is 0 Å². The first-order valence-corrected chi connectivity index (χ1v) is 11.4. The number of nitrogens with zero attached hydrogens (tertiary/aromatic N) is 2. The number of hydrogen-bond donors (Lipinski definition) is 1. The number of rotatable bonds is 8. The number of aryl methyl sites for hydroxylation is 1. The number of thioether (sulfide) groups is 1. The molecule has 1 N–H and O–H groups in total. The lowest BCUT2D eigenvalue weighted by Gasteiger charge is -2.19. The summed E-state index contributed by atoms with van der Waals surface area (Å²) in [7, 11) is 0. The van der Waals surface area contributed by atoms with Crippen molar-refractivity contribution in [1.82, 2.24) is 14.9 Å². The quantitative estimate of drug-likeness (QED) is 0.413. The van der Waals surface area contributed by atoms with Gasteiger partial charge in [-0.2, -0.15) is 0 Å². The number of fused-ring (bicyclic) bond motifs is 1. The highest BCUT2D eigenvalue weighted by Gasteiger charge is 2.17. The summed E-state index contributed by atoms with van der Waals surface area (Å²) in [5, 5.41) is 4.24. The molecule has 0 aliphatic heterocycles. The standard InChI is InChI=1S/C24H29N3O2S/c1-5-16(3)27-23(29)20-9-7-8-10-21(20)26-24(27)30-15-22(28)25-17(4)19-13-11-18(6-2)12-14-19/h7-14,16-17H,5-6,15H2,1-4H3,(H,25,28)/t16-,17-/m0/s1. The monoisotopic (exact) mass is 423 g/mol. The zero-order valence-corrected chi connectivity index (χ0v) is 18.8. The first kappa shape index (κ1) is 22.1. The van der Waals surface area contributed by atoms with Gasteiger partial charge in [0.05, 0.1) is 22.7 Å². The van der Waals surface area contributed by atoms with Crippen molar-refractivity contribution in [3.05, 3.63) is 70.0 Å². The van der Waals surface area contributed by atoms with Crippen LogP contribution in [0.15, 0.2) is 58.5 Å². The van der Waals surface area contributed by atoms with Gasteiger partial charge in [0.15, 0.2) is 5.16 Å². The van der Waals surface area contributed by atoms with E-state index in [0.717, 1.165) is 18.4 Å². The molecule has 0 saturated heterocycles. The van der Waals surface area contributed by atoms with Crippen LogP contribution >= 0.6 is 11.8 Å². The maximum atomic E-state index is 13.0. The minimum Gasteiger partial charge on any atom is -0.349 e. The summed E-state index contributed by atoms with van der Waals surface area (Å²) in [6.45, 7) is 8.15. The highest BCUT2D eigenvalue weighted by molar-refractivity contribution is 7.99. The van der Waals surface area contributed by atoms with Gasteiger partial charge in [-0.05, 0) is 49.9 Å². The van der Waals surface area contributed by atoms with Crippen LogP contribution in [0.5, 0.6) is 0 Å². The largest absolute Gasteiger partial charge is 0.349 e. The molecule has 5 nitrogen and oxygen atoms in total. The molecule has 6 heteroatoms. The molecule has 30 heavy (non-hydrogen) atoms. The van der Waals surface area contributed by atoms with E-state index < -0.39 is 0 Å². The minimum absolute atomic E-state index is 0.0103. The zero-order chi connectivity index (χ0) is 21.7. The van der Waals surface area contributed by atoms with Crippen molar-refractivity contribution in [2.45, 2.75) is 57.8 Å². The lowest BCUT2D eigenvalue weighted by Crippen LogP contribution is -2.29. The Morgan fingerprint density at radius 3 is 2.47 bits per heavy atom. The van der Waals surface area contributed by atoms with Crippen molar-refractivity contribution in [3.63, 3.8) is 0 Å². The van der Waals surface area contributed by atoms with Crippen LogP contribution in [-0.2, 0) is 11.2 Å². The maximum Gasteiger partial charge on any atom is 0.262 e. The highest BCUT2D eigenvalue weighted by Crippen LogP contribution is 2.22. The predicted molar refractivity (Wildman–Crippen MR) is 124 cm³/mol. The highest BCUT2D eigenvalue weighted by atomic mass is 32.2. The second kappa shape index (κ2) is 9.94. The summed E-state index contributed by atoms with van der Waals surface area (Å²) in [5.74, 6) is 0.128. The molecule has 0 aliphatic carbocycles. The first-order valence-electron chi connectivity index (χ1n) is 10.5. The van der Waals surface area contributed by atoms with Crippen LogP contribution in [0.1, 0.15) is 57.3 Å². The normalized spacial score (nSPS) is 13.2.